The van der Waals surface area contributed by atoms with E-state index >= 15 is 0 Å². The lowest BCUT2D eigenvalue weighted by Gasteiger charge is -2.20. The van der Waals surface area contributed by atoms with Crippen LogP contribution in [0.4, 0.5) is 10.5 Å². The number of benzene rings is 1. The molecule has 3 rings (SSSR count). The van der Waals surface area contributed by atoms with Gasteiger partial charge in [0.05, 0.1) is 23.9 Å². The number of halogens is 1. The molecule has 2 heterocycles. The number of fused-ring (bicyclic) bond motifs is 3. The van der Waals surface area contributed by atoms with Crippen LogP contribution in [-0.4, -0.2) is 43.2 Å². The number of ether oxygens (including phenoxy) is 4. The predicted octanol–water partition coefficient (Wildman–Crippen LogP) is 6.77. The molecule has 1 aromatic carbocycles. The van der Waals surface area contributed by atoms with Gasteiger partial charge in [0.2, 0.25) is 5.43 Å². The highest BCUT2D eigenvalue weighted by Gasteiger charge is 2.21. The SMILES string of the molecule is CC.CCC.COCCCOc1cc2c(cc1Cl)-c1cc(=O)c(NC(=O)OC(C)(C)C)cn1CCO2. The summed E-state index contributed by atoms with van der Waals surface area (Å²) in [6.45, 7) is 15.4. The van der Waals surface area contributed by atoms with Crippen molar-refractivity contribution in [2.24, 2.45) is 0 Å². The summed E-state index contributed by atoms with van der Waals surface area (Å²) in [4.78, 5) is 24.8. The average Bonchev–Trinajstić information content (AvgIpc) is 2.96. The van der Waals surface area contributed by atoms with Crippen LogP contribution in [0.5, 0.6) is 11.5 Å². The van der Waals surface area contributed by atoms with Crippen molar-refractivity contribution in [3.63, 3.8) is 0 Å². The van der Waals surface area contributed by atoms with Gasteiger partial charge in [0.15, 0.2) is 0 Å². The van der Waals surface area contributed by atoms with Crippen molar-refractivity contribution in [3.05, 3.63) is 39.6 Å². The number of anilines is 1. The lowest BCUT2D eigenvalue weighted by atomic mass is 10.1. The summed E-state index contributed by atoms with van der Waals surface area (Å²) in [6, 6.07) is 4.91. The van der Waals surface area contributed by atoms with Crippen molar-refractivity contribution in [3.8, 4) is 22.8 Å². The summed E-state index contributed by atoms with van der Waals surface area (Å²) in [5.41, 5.74) is 0.429. The molecule has 0 fully saturated rings. The van der Waals surface area contributed by atoms with E-state index in [1.54, 1.807) is 46.2 Å². The minimum absolute atomic E-state index is 0.130. The van der Waals surface area contributed by atoms with Crippen molar-refractivity contribution in [1.29, 1.82) is 0 Å². The highest BCUT2D eigenvalue weighted by atomic mass is 35.5. The molecule has 36 heavy (non-hydrogen) atoms. The number of nitrogens with one attached hydrogen (secondary N) is 1. The van der Waals surface area contributed by atoms with Crippen LogP contribution >= 0.6 is 11.6 Å². The molecule has 1 amide bonds. The number of amides is 1. The van der Waals surface area contributed by atoms with E-state index in [4.69, 9.17) is 30.5 Å². The molecule has 1 aliphatic heterocycles. The van der Waals surface area contributed by atoms with E-state index in [0.717, 1.165) is 6.42 Å². The summed E-state index contributed by atoms with van der Waals surface area (Å²) in [6.07, 6.45) is 2.88. The first-order valence-electron chi connectivity index (χ1n) is 12.4. The number of hydrogen-bond acceptors (Lipinski definition) is 6. The Hall–Kier alpha value is -2.71. The maximum Gasteiger partial charge on any atom is 0.412 e. The zero-order chi connectivity index (χ0) is 27.3. The number of hydrogen-bond donors (Lipinski definition) is 1. The summed E-state index contributed by atoms with van der Waals surface area (Å²) < 4.78 is 23.7. The topological polar surface area (TPSA) is 88.0 Å². The van der Waals surface area contributed by atoms with Crippen LogP contribution in [0.2, 0.25) is 5.02 Å². The van der Waals surface area contributed by atoms with Gasteiger partial charge < -0.3 is 23.5 Å². The van der Waals surface area contributed by atoms with Crippen molar-refractivity contribution in [1.82, 2.24) is 4.57 Å². The molecule has 2 aromatic rings. The van der Waals surface area contributed by atoms with E-state index in [1.807, 2.05) is 18.4 Å². The van der Waals surface area contributed by atoms with Gasteiger partial charge in [0.1, 0.15) is 29.4 Å². The minimum atomic E-state index is -0.686. The highest BCUT2D eigenvalue weighted by Crippen LogP contribution is 2.39. The van der Waals surface area contributed by atoms with E-state index in [2.05, 4.69) is 19.2 Å². The molecule has 0 spiro atoms. The van der Waals surface area contributed by atoms with Crippen molar-refractivity contribution in [2.45, 2.75) is 73.5 Å². The molecule has 0 aliphatic carbocycles. The summed E-state index contributed by atoms with van der Waals surface area (Å²) in [5, 5.41) is 2.94. The first-order chi connectivity index (χ1) is 17.1. The molecule has 1 aromatic heterocycles. The lowest BCUT2D eigenvalue weighted by molar-refractivity contribution is 0.0635. The maximum atomic E-state index is 12.7. The minimum Gasteiger partial charge on any atom is -0.492 e. The highest BCUT2D eigenvalue weighted by molar-refractivity contribution is 6.32. The van der Waals surface area contributed by atoms with Gasteiger partial charge in [-0.3, -0.25) is 10.1 Å². The van der Waals surface area contributed by atoms with Crippen molar-refractivity contribution >= 4 is 23.4 Å². The van der Waals surface area contributed by atoms with Gasteiger partial charge in [-0.15, -0.1) is 0 Å². The Morgan fingerprint density at radius 1 is 1.17 bits per heavy atom. The molecule has 0 bridgehead atoms. The van der Waals surface area contributed by atoms with Crippen molar-refractivity contribution < 1.29 is 23.7 Å². The molecule has 0 atom stereocenters. The number of rotatable bonds is 6. The van der Waals surface area contributed by atoms with Crippen LogP contribution in [0.25, 0.3) is 11.3 Å². The Morgan fingerprint density at radius 3 is 2.44 bits per heavy atom. The smallest absolute Gasteiger partial charge is 0.412 e. The fourth-order valence-corrected chi connectivity index (χ4v) is 3.32. The van der Waals surface area contributed by atoms with E-state index in [0.29, 0.717) is 54.1 Å². The molecule has 8 nitrogen and oxygen atoms in total. The second-order valence-electron chi connectivity index (χ2n) is 8.79. The quantitative estimate of drug-likeness (QED) is 0.420. The number of pyridine rings is 1. The van der Waals surface area contributed by atoms with Gasteiger partial charge in [-0.25, -0.2) is 4.79 Å². The van der Waals surface area contributed by atoms with Gasteiger partial charge in [-0.1, -0.05) is 45.7 Å². The van der Waals surface area contributed by atoms with Gasteiger partial charge in [-0.05, 0) is 26.8 Å². The van der Waals surface area contributed by atoms with E-state index < -0.39 is 11.7 Å². The van der Waals surface area contributed by atoms with Crippen LogP contribution < -0.4 is 20.2 Å². The van der Waals surface area contributed by atoms with Crippen LogP contribution in [0, 0.1) is 0 Å². The summed E-state index contributed by atoms with van der Waals surface area (Å²) in [5.74, 6) is 1.08. The molecule has 202 valence electrons. The fourth-order valence-electron chi connectivity index (χ4n) is 3.10. The largest absolute Gasteiger partial charge is 0.492 e. The molecule has 1 aliphatic rings. The van der Waals surface area contributed by atoms with E-state index in [-0.39, 0.29) is 11.1 Å². The number of carbonyl (C=O) groups excluding carboxylic acids is 1. The zero-order valence-corrected chi connectivity index (χ0v) is 23.6. The second kappa shape index (κ2) is 15.4. The van der Waals surface area contributed by atoms with Crippen LogP contribution in [0.1, 0.15) is 61.3 Å². The van der Waals surface area contributed by atoms with Crippen LogP contribution in [0.15, 0.2) is 29.2 Å². The lowest BCUT2D eigenvalue weighted by Crippen LogP contribution is -2.29. The number of carbonyl (C=O) groups is 1. The van der Waals surface area contributed by atoms with E-state index in [9.17, 15) is 9.59 Å². The molecule has 9 heteroatoms. The summed E-state index contributed by atoms with van der Waals surface area (Å²) in [7, 11) is 1.64. The summed E-state index contributed by atoms with van der Waals surface area (Å²) >= 11 is 6.42. The Bertz CT molecular complexity index is 1030. The Kier molecular flexibility index (Phi) is 13.4. The average molecular weight is 525 g/mol. The first-order valence-corrected chi connectivity index (χ1v) is 12.8. The number of methoxy groups -OCH3 is 1. The Balaban J connectivity index is 0.00000120. The first kappa shape index (κ1) is 31.3. The van der Waals surface area contributed by atoms with Gasteiger partial charge in [0, 0.05) is 44.0 Å². The zero-order valence-electron chi connectivity index (χ0n) is 22.8. The predicted molar refractivity (Wildman–Crippen MR) is 146 cm³/mol. The van der Waals surface area contributed by atoms with Gasteiger partial charge >= 0.3 is 6.09 Å². The molecule has 0 saturated carbocycles. The number of aromatic nitrogens is 1. The monoisotopic (exact) mass is 524 g/mol. The normalized spacial score (nSPS) is 11.7. The Morgan fingerprint density at radius 2 is 1.83 bits per heavy atom. The third-order valence-electron chi connectivity index (χ3n) is 4.41. The molecule has 0 radical (unpaired) electrons. The van der Waals surface area contributed by atoms with Gasteiger partial charge in [0.25, 0.3) is 0 Å². The molecular weight excluding hydrogens is 484 g/mol. The molecule has 1 N–H and O–H groups in total. The molecular formula is C27H41ClN2O6. The molecule has 0 unspecified atom stereocenters. The standard InChI is InChI=1S/C22H27ClN2O6.C3H8.C2H6/c1-22(2,3)31-21(27)24-16-13-25-6-9-30-19-12-20(29-8-5-7-28-4)15(23)10-14(19)17(25)11-18(16)26;1-3-2;1-2/h10-13H,5-9H2,1-4H3,(H,24,27);3H2,1-2H3;1-2H3. The molecule has 0 saturated heterocycles. The third kappa shape index (κ3) is 9.74. The third-order valence-corrected chi connectivity index (χ3v) is 4.71. The maximum absolute atomic E-state index is 12.7. The fraction of sp³-hybridized carbons (Fsp3) is 0.556. The van der Waals surface area contributed by atoms with E-state index in [1.165, 1.54) is 12.5 Å². The van der Waals surface area contributed by atoms with Crippen LogP contribution in [0.3, 0.4) is 0 Å². The Labute approximate surface area is 219 Å². The second-order valence-corrected chi connectivity index (χ2v) is 9.19. The van der Waals surface area contributed by atoms with Crippen LogP contribution in [-0.2, 0) is 16.0 Å². The van der Waals surface area contributed by atoms with Gasteiger partial charge in [-0.2, -0.15) is 0 Å². The number of nitrogens with zero attached hydrogens (tertiary/aromatic N) is 1. The van der Waals surface area contributed by atoms with Crippen molar-refractivity contribution in [2.75, 3.05) is 32.2 Å².